The third-order valence-corrected chi connectivity index (χ3v) is 2.00. The molecule has 0 aliphatic heterocycles. The molecule has 0 saturated heterocycles. The molecule has 0 saturated carbocycles. The molecule has 0 nitrogen and oxygen atoms in total. The summed E-state index contributed by atoms with van der Waals surface area (Å²) >= 11 is 0. The van der Waals surface area contributed by atoms with Crippen LogP contribution in [-0.4, -0.2) is 29.1 Å². The van der Waals surface area contributed by atoms with Gasteiger partial charge in [0.05, 0.1) is 0 Å². The first kappa shape index (κ1) is 9.29. The van der Waals surface area contributed by atoms with Crippen molar-refractivity contribution < 1.29 is 0 Å². The summed E-state index contributed by atoms with van der Waals surface area (Å²) < 4.78 is 0. The zero-order chi connectivity index (χ0) is 6.20. The van der Waals surface area contributed by atoms with Gasteiger partial charge in [-0.1, -0.05) is 30.7 Å². The van der Waals surface area contributed by atoms with Crippen LogP contribution >= 0.6 is 0 Å². The Bertz CT molecular complexity index is 156. The first-order chi connectivity index (χ1) is 3.60. The van der Waals surface area contributed by atoms with Crippen molar-refractivity contribution in [2.45, 2.75) is 18.9 Å². The Kier molecular flexibility index (Phi) is 3.02. The van der Waals surface area contributed by atoms with Crippen LogP contribution < -0.4 is 0 Å². The second-order valence-corrected chi connectivity index (χ2v) is 5.20. The summed E-state index contributed by atoms with van der Waals surface area (Å²) in [6.45, 7) is 4.42. The Hall–Kier alpha value is 0.294. The van der Waals surface area contributed by atoms with E-state index in [4.69, 9.17) is 0 Å². The Morgan fingerprint density at radius 1 is 1.56 bits per heavy atom. The molecule has 2 heteroatoms. The molecule has 0 radical (unpaired) electrons. The van der Waals surface area contributed by atoms with Crippen molar-refractivity contribution in [1.82, 2.24) is 0 Å². The summed E-state index contributed by atoms with van der Waals surface area (Å²) in [6.07, 6.45) is 6.82. The van der Waals surface area contributed by atoms with Crippen LogP contribution in [0.15, 0.2) is 23.8 Å². The van der Waals surface area contributed by atoms with Gasteiger partial charge in [0.2, 0.25) is 0 Å². The topological polar surface area (TPSA) is 0 Å². The monoisotopic (exact) mass is 132 g/mol. The van der Waals surface area contributed by atoms with Gasteiger partial charge in [-0.3, -0.25) is 0 Å². The van der Waals surface area contributed by atoms with E-state index in [2.05, 4.69) is 32.1 Å². The predicted molar refractivity (Wildman–Crippen MR) is 48.4 cm³/mol. The summed E-state index contributed by atoms with van der Waals surface area (Å²) in [5.74, 6) is 0. The average molecular weight is 132 g/mol. The van der Waals surface area contributed by atoms with Crippen molar-refractivity contribution in [1.29, 1.82) is 0 Å². The minimum absolute atomic E-state index is 0. The molecule has 0 heterocycles. The first-order valence-electron chi connectivity index (χ1n) is 2.99. The fourth-order valence-electron chi connectivity index (χ4n) is 1.03. The third kappa shape index (κ3) is 2.58. The SMILES string of the molecule is CC1=CC(C)([SiH3])C=C1.[LiH]. The van der Waals surface area contributed by atoms with Crippen LogP contribution in [0.3, 0.4) is 0 Å². The van der Waals surface area contributed by atoms with Gasteiger partial charge in [-0.15, -0.1) is 0 Å². The second-order valence-electron chi connectivity index (χ2n) is 3.04. The van der Waals surface area contributed by atoms with E-state index in [0.717, 1.165) is 0 Å². The van der Waals surface area contributed by atoms with E-state index in [0.29, 0.717) is 5.04 Å². The van der Waals surface area contributed by atoms with Crippen LogP contribution in [-0.2, 0) is 0 Å². The van der Waals surface area contributed by atoms with E-state index in [1.165, 1.54) is 15.8 Å². The van der Waals surface area contributed by atoms with Gasteiger partial charge >= 0.3 is 18.9 Å². The van der Waals surface area contributed by atoms with Crippen LogP contribution in [0, 0.1) is 0 Å². The van der Waals surface area contributed by atoms with Gasteiger partial charge in [0, 0.05) is 10.2 Å². The molecule has 0 amide bonds. The number of rotatable bonds is 0. The molecular formula is C7H13LiSi. The molecule has 46 valence electrons. The van der Waals surface area contributed by atoms with E-state index in [-0.39, 0.29) is 18.9 Å². The molecule has 0 bridgehead atoms. The summed E-state index contributed by atoms with van der Waals surface area (Å²) in [6, 6.07) is 0. The molecule has 1 atom stereocenters. The van der Waals surface area contributed by atoms with E-state index < -0.39 is 0 Å². The van der Waals surface area contributed by atoms with Gasteiger partial charge in [0.1, 0.15) is 0 Å². The van der Waals surface area contributed by atoms with Gasteiger partial charge in [-0.25, -0.2) is 0 Å². The quantitative estimate of drug-likeness (QED) is 0.418. The number of hydrogen-bond donors (Lipinski definition) is 0. The maximum absolute atomic E-state index is 2.33. The molecule has 1 aliphatic rings. The minimum atomic E-state index is 0. The number of hydrogen-bond acceptors (Lipinski definition) is 0. The zero-order valence-corrected chi connectivity index (χ0v) is 7.73. The van der Waals surface area contributed by atoms with Crippen LogP contribution in [0.2, 0.25) is 5.04 Å². The van der Waals surface area contributed by atoms with Crippen LogP contribution in [0.25, 0.3) is 0 Å². The second kappa shape index (κ2) is 2.92. The zero-order valence-electron chi connectivity index (χ0n) is 5.73. The van der Waals surface area contributed by atoms with Crippen LogP contribution in [0.5, 0.6) is 0 Å². The third-order valence-electron chi connectivity index (χ3n) is 1.38. The number of allylic oxidation sites excluding steroid dienone is 4. The Morgan fingerprint density at radius 2 is 2.11 bits per heavy atom. The standard InChI is InChI=1S/C7H12Si.Li.H/c1-6-3-4-7(2,8)5-6;;/h3-5H,1-2,8H3;;. The molecule has 1 aliphatic carbocycles. The molecular weight excluding hydrogens is 119 g/mol. The van der Waals surface area contributed by atoms with Crippen molar-refractivity contribution in [2.24, 2.45) is 0 Å². The van der Waals surface area contributed by atoms with Gasteiger partial charge in [0.15, 0.2) is 0 Å². The Morgan fingerprint density at radius 3 is 2.22 bits per heavy atom. The van der Waals surface area contributed by atoms with Crippen LogP contribution in [0.1, 0.15) is 13.8 Å². The summed E-state index contributed by atoms with van der Waals surface area (Å²) in [5, 5.41) is 0.462. The summed E-state index contributed by atoms with van der Waals surface area (Å²) in [4.78, 5) is 0. The van der Waals surface area contributed by atoms with Gasteiger partial charge in [-0.05, 0) is 12.0 Å². The molecule has 0 aromatic carbocycles. The fourth-order valence-corrected chi connectivity index (χ4v) is 1.65. The van der Waals surface area contributed by atoms with Crippen molar-refractivity contribution in [3.8, 4) is 0 Å². The molecule has 1 unspecified atom stereocenters. The van der Waals surface area contributed by atoms with Crippen molar-refractivity contribution in [2.75, 3.05) is 0 Å². The van der Waals surface area contributed by atoms with E-state index in [1.54, 1.807) is 0 Å². The predicted octanol–water partition coefficient (Wildman–Crippen LogP) is 0.398. The molecule has 9 heavy (non-hydrogen) atoms. The first-order valence-corrected chi connectivity index (χ1v) is 3.99. The molecule has 0 aromatic rings. The van der Waals surface area contributed by atoms with Gasteiger partial charge in [0.25, 0.3) is 0 Å². The van der Waals surface area contributed by atoms with E-state index >= 15 is 0 Å². The molecule has 0 spiro atoms. The van der Waals surface area contributed by atoms with Gasteiger partial charge < -0.3 is 0 Å². The normalized spacial score (nSPS) is 32.0. The Labute approximate surface area is 72.0 Å². The van der Waals surface area contributed by atoms with Crippen molar-refractivity contribution >= 4 is 29.1 Å². The summed E-state index contributed by atoms with van der Waals surface area (Å²) in [5.41, 5.74) is 1.42. The summed E-state index contributed by atoms with van der Waals surface area (Å²) in [7, 11) is 1.24. The molecule has 0 aromatic heterocycles. The maximum atomic E-state index is 2.33. The van der Waals surface area contributed by atoms with E-state index in [1.807, 2.05) is 0 Å². The van der Waals surface area contributed by atoms with Gasteiger partial charge in [-0.2, -0.15) is 0 Å². The average Bonchev–Trinajstić information content (AvgIpc) is 1.82. The van der Waals surface area contributed by atoms with Crippen molar-refractivity contribution in [3.05, 3.63) is 23.8 Å². The molecule has 0 N–H and O–H groups in total. The Balaban J connectivity index is 0.000000640. The fraction of sp³-hybridized carbons (Fsp3) is 0.429. The van der Waals surface area contributed by atoms with E-state index in [9.17, 15) is 0 Å². The molecule has 0 fully saturated rings. The van der Waals surface area contributed by atoms with Crippen LogP contribution in [0.4, 0.5) is 0 Å². The van der Waals surface area contributed by atoms with Crippen molar-refractivity contribution in [3.63, 3.8) is 0 Å². The molecule has 1 rings (SSSR count).